The zero-order chi connectivity index (χ0) is 11.6. The van der Waals surface area contributed by atoms with Gasteiger partial charge in [0, 0.05) is 6.92 Å². The molecule has 84 valence electrons. The molecule has 2 rings (SSSR count). The predicted molar refractivity (Wildman–Crippen MR) is 62.8 cm³/mol. The van der Waals surface area contributed by atoms with Gasteiger partial charge in [-0.25, -0.2) is 0 Å². The van der Waals surface area contributed by atoms with Gasteiger partial charge in [0.25, 0.3) is 0 Å². The lowest BCUT2D eigenvalue weighted by atomic mass is 9.96. The van der Waals surface area contributed by atoms with Crippen LogP contribution in [0.15, 0.2) is 42.7 Å². The van der Waals surface area contributed by atoms with Gasteiger partial charge >= 0.3 is 5.97 Å². The fourth-order valence-corrected chi connectivity index (χ4v) is 2.06. The maximum absolute atomic E-state index is 10.6. The van der Waals surface area contributed by atoms with Gasteiger partial charge in [-0.1, -0.05) is 37.3 Å². The minimum atomic E-state index is -0.265. The quantitative estimate of drug-likeness (QED) is 0.573. The summed E-state index contributed by atoms with van der Waals surface area (Å²) >= 11 is 0. The largest absolute Gasteiger partial charge is 0.435 e. The molecule has 0 bridgehead atoms. The van der Waals surface area contributed by atoms with Gasteiger partial charge in [0.05, 0.1) is 6.26 Å². The number of carbonyl (C=O) groups is 1. The van der Waals surface area contributed by atoms with Crippen molar-refractivity contribution in [2.24, 2.45) is 5.92 Å². The highest BCUT2D eigenvalue weighted by atomic mass is 16.5. The van der Waals surface area contributed by atoms with Crippen molar-refractivity contribution in [3.63, 3.8) is 0 Å². The minimum absolute atomic E-state index is 0.220. The molecule has 2 nitrogen and oxygen atoms in total. The normalized spacial score (nSPS) is 28.0. The van der Waals surface area contributed by atoms with Crippen LogP contribution in [0.1, 0.15) is 25.8 Å². The first-order chi connectivity index (χ1) is 7.63. The number of carbonyl (C=O) groups excluding carboxylic acids is 1. The third-order valence-corrected chi connectivity index (χ3v) is 3.28. The average molecular weight is 216 g/mol. The topological polar surface area (TPSA) is 26.3 Å². The zero-order valence-corrected chi connectivity index (χ0v) is 9.64. The second kappa shape index (κ2) is 4.12. The van der Waals surface area contributed by atoms with Gasteiger partial charge in [-0.05, 0) is 29.4 Å². The number of benzene rings is 1. The van der Waals surface area contributed by atoms with Crippen molar-refractivity contribution >= 4 is 5.97 Å². The molecule has 1 saturated carbocycles. The highest BCUT2D eigenvalue weighted by molar-refractivity contribution is 5.66. The summed E-state index contributed by atoms with van der Waals surface area (Å²) in [5, 5.41) is 0. The molecule has 2 heteroatoms. The molecule has 0 amide bonds. The number of allylic oxidation sites excluding steroid dienone is 1. The van der Waals surface area contributed by atoms with Crippen LogP contribution in [0.2, 0.25) is 0 Å². The molecule has 0 radical (unpaired) electrons. The van der Waals surface area contributed by atoms with E-state index in [-0.39, 0.29) is 11.4 Å². The summed E-state index contributed by atoms with van der Waals surface area (Å²) in [6, 6.07) is 10.5. The molecule has 1 aliphatic carbocycles. The summed E-state index contributed by atoms with van der Waals surface area (Å²) < 4.78 is 4.80. The lowest BCUT2D eigenvalue weighted by Crippen LogP contribution is -2.02. The maximum atomic E-state index is 10.6. The summed E-state index contributed by atoms with van der Waals surface area (Å²) in [7, 11) is 0. The van der Waals surface area contributed by atoms with Crippen LogP contribution in [0.5, 0.6) is 0 Å². The highest BCUT2D eigenvalue weighted by Crippen LogP contribution is 2.54. The van der Waals surface area contributed by atoms with E-state index < -0.39 is 0 Å². The van der Waals surface area contributed by atoms with Crippen molar-refractivity contribution in [2.75, 3.05) is 0 Å². The standard InChI is InChI=1S/C14H16O2/c1-11(15)16-9-8-13-10-14(13,2)12-6-4-3-5-7-12/h3-9,13H,10H2,1-2H3/b9-8+/t13-,14+/m1/s1. The van der Waals surface area contributed by atoms with Crippen molar-refractivity contribution in [3.8, 4) is 0 Å². The van der Waals surface area contributed by atoms with Gasteiger partial charge in [0.1, 0.15) is 0 Å². The highest BCUT2D eigenvalue weighted by Gasteiger charge is 2.49. The molecule has 0 saturated heterocycles. The number of hydrogen-bond acceptors (Lipinski definition) is 2. The molecule has 0 spiro atoms. The Hall–Kier alpha value is -1.57. The molecule has 2 atom stereocenters. The monoisotopic (exact) mass is 216 g/mol. The zero-order valence-electron chi connectivity index (χ0n) is 9.64. The molecule has 1 fully saturated rings. The molecular weight excluding hydrogens is 200 g/mol. The van der Waals surface area contributed by atoms with E-state index in [4.69, 9.17) is 4.74 Å². The maximum Gasteiger partial charge on any atom is 0.307 e. The smallest absolute Gasteiger partial charge is 0.307 e. The van der Waals surface area contributed by atoms with Gasteiger partial charge in [-0.2, -0.15) is 0 Å². The van der Waals surface area contributed by atoms with Crippen LogP contribution in [0.4, 0.5) is 0 Å². The third kappa shape index (κ3) is 2.16. The fourth-order valence-electron chi connectivity index (χ4n) is 2.06. The summed E-state index contributed by atoms with van der Waals surface area (Å²) in [6.45, 7) is 3.65. The Labute approximate surface area is 95.9 Å². The van der Waals surface area contributed by atoms with Gasteiger partial charge in [-0.3, -0.25) is 4.79 Å². The molecule has 16 heavy (non-hydrogen) atoms. The van der Waals surface area contributed by atoms with Crippen molar-refractivity contribution in [3.05, 3.63) is 48.2 Å². The van der Waals surface area contributed by atoms with E-state index in [0.29, 0.717) is 5.92 Å². The Morgan fingerprint density at radius 2 is 2.12 bits per heavy atom. The van der Waals surface area contributed by atoms with Crippen LogP contribution in [-0.4, -0.2) is 5.97 Å². The van der Waals surface area contributed by atoms with E-state index in [0.717, 1.165) is 6.42 Å². The predicted octanol–water partition coefficient (Wildman–Crippen LogP) is 3.04. The van der Waals surface area contributed by atoms with E-state index in [9.17, 15) is 4.79 Å². The number of rotatable bonds is 3. The molecule has 0 aliphatic heterocycles. The molecular formula is C14H16O2. The van der Waals surface area contributed by atoms with Crippen LogP contribution in [0.3, 0.4) is 0 Å². The van der Waals surface area contributed by atoms with Crippen LogP contribution in [-0.2, 0) is 14.9 Å². The van der Waals surface area contributed by atoms with Crippen LogP contribution in [0, 0.1) is 5.92 Å². The Balaban J connectivity index is 1.99. The van der Waals surface area contributed by atoms with Crippen molar-refractivity contribution < 1.29 is 9.53 Å². The molecule has 1 aromatic carbocycles. The Morgan fingerprint density at radius 1 is 1.44 bits per heavy atom. The summed E-state index contributed by atoms with van der Waals surface area (Å²) in [6.07, 6.45) is 4.62. The van der Waals surface area contributed by atoms with E-state index in [1.54, 1.807) is 0 Å². The lowest BCUT2D eigenvalue weighted by Gasteiger charge is -2.09. The van der Waals surface area contributed by atoms with Crippen molar-refractivity contribution in [1.82, 2.24) is 0 Å². The summed E-state index contributed by atoms with van der Waals surface area (Å²) in [5.41, 5.74) is 1.57. The van der Waals surface area contributed by atoms with Crippen molar-refractivity contribution in [2.45, 2.75) is 25.7 Å². The summed E-state index contributed by atoms with van der Waals surface area (Å²) in [4.78, 5) is 10.6. The molecule has 0 heterocycles. The molecule has 1 aliphatic rings. The SMILES string of the molecule is CC(=O)O/C=C/[C@@H]1C[C@@]1(C)c1ccccc1. The molecule has 1 aromatic rings. The van der Waals surface area contributed by atoms with Gasteiger partial charge in [0.2, 0.25) is 0 Å². The summed E-state index contributed by atoms with van der Waals surface area (Å²) in [5.74, 6) is 0.215. The Kier molecular flexibility index (Phi) is 2.82. The van der Waals surface area contributed by atoms with E-state index >= 15 is 0 Å². The first-order valence-corrected chi connectivity index (χ1v) is 5.52. The van der Waals surface area contributed by atoms with Crippen LogP contribution >= 0.6 is 0 Å². The Morgan fingerprint density at radius 3 is 2.75 bits per heavy atom. The fraction of sp³-hybridized carbons (Fsp3) is 0.357. The van der Waals surface area contributed by atoms with E-state index in [1.807, 2.05) is 12.1 Å². The van der Waals surface area contributed by atoms with E-state index in [1.165, 1.54) is 18.7 Å². The van der Waals surface area contributed by atoms with Gasteiger partial charge < -0.3 is 4.74 Å². The van der Waals surface area contributed by atoms with Gasteiger partial charge in [0.15, 0.2) is 0 Å². The van der Waals surface area contributed by atoms with Crippen LogP contribution in [0.25, 0.3) is 0 Å². The average Bonchev–Trinajstić information content (AvgIpc) is 2.92. The van der Waals surface area contributed by atoms with Gasteiger partial charge in [-0.15, -0.1) is 0 Å². The lowest BCUT2D eigenvalue weighted by molar-refractivity contribution is -0.135. The molecule has 0 aromatic heterocycles. The van der Waals surface area contributed by atoms with Crippen LogP contribution < -0.4 is 0 Å². The second-order valence-corrected chi connectivity index (χ2v) is 4.53. The third-order valence-electron chi connectivity index (χ3n) is 3.28. The minimum Gasteiger partial charge on any atom is -0.435 e. The molecule has 0 unspecified atom stereocenters. The van der Waals surface area contributed by atoms with Crippen molar-refractivity contribution in [1.29, 1.82) is 0 Å². The number of hydrogen-bond donors (Lipinski definition) is 0. The number of ether oxygens (including phenoxy) is 1. The first kappa shape index (κ1) is 10.9. The molecule has 0 N–H and O–H groups in total. The van der Waals surface area contributed by atoms with E-state index in [2.05, 4.69) is 31.2 Å². The second-order valence-electron chi connectivity index (χ2n) is 4.53. The first-order valence-electron chi connectivity index (χ1n) is 5.52. The Bertz CT molecular complexity index is 408. The number of esters is 1.